The number of nitrogens with one attached hydrogen (secondary N) is 1. The lowest BCUT2D eigenvalue weighted by atomic mass is 10.0. The molecule has 0 aliphatic rings. The van der Waals surface area contributed by atoms with Crippen molar-refractivity contribution >= 4 is 16.7 Å². The standard InChI is InChI=1S/C24H22N2O/c1-16-9-11-19(12-10-16)22-15-21(26-25-20-7-5-4-6-8-20)24-18(3)13-17(2)14-23(24)27-22/h4-15,25H,1-3H3/b26-21-. The van der Waals surface area contributed by atoms with Gasteiger partial charge in [-0.1, -0.05) is 54.1 Å². The van der Waals surface area contributed by atoms with Crippen LogP contribution in [0, 0.1) is 20.8 Å². The summed E-state index contributed by atoms with van der Waals surface area (Å²) in [5.74, 6) is 0.807. The Morgan fingerprint density at radius 1 is 0.778 bits per heavy atom. The number of benzene rings is 3. The van der Waals surface area contributed by atoms with E-state index in [-0.39, 0.29) is 0 Å². The van der Waals surface area contributed by atoms with E-state index in [1.807, 2.05) is 36.4 Å². The van der Waals surface area contributed by atoms with Crippen LogP contribution in [0.4, 0.5) is 5.69 Å². The van der Waals surface area contributed by atoms with Gasteiger partial charge in [-0.2, -0.15) is 5.10 Å². The minimum absolute atomic E-state index is 0.807. The van der Waals surface area contributed by atoms with Crippen molar-refractivity contribution in [2.75, 3.05) is 5.43 Å². The van der Waals surface area contributed by atoms with Crippen LogP contribution in [-0.2, 0) is 0 Å². The molecule has 1 heterocycles. The molecule has 3 nitrogen and oxygen atoms in total. The normalized spacial score (nSPS) is 11.7. The second-order valence-corrected chi connectivity index (χ2v) is 6.91. The first-order valence-corrected chi connectivity index (χ1v) is 9.07. The third-order valence-electron chi connectivity index (χ3n) is 4.60. The molecule has 1 aromatic heterocycles. The SMILES string of the molecule is Cc1ccc(-c2c/c(=N/Nc3ccccc3)c3c(C)cc(C)cc3o2)cc1. The lowest BCUT2D eigenvalue weighted by Gasteiger charge is -2.09. The molecule has 1 N–H and O–H groups in total. The third-order valence-corrected chi connectivity index (χ3v) is 4.60. The average Bonchev–Trinajstić information content (AvgIpc) is 2.67. The Balaban J connectivity index is 1.93. The Kier molecular flexibility index (Phi) is 4.51. The maximum atomic E-state index is 6.25. The van der Waals surface area contributed by atoms with Crippen molar-refractivity contribution in [3.05, 3.63) is 94.8 Å². The summed E-state index contributed by atoms with van der Waals surface area (Å²) in [5, 5.41) is 6.59. The third kappa shape index (κ3) is 3.63. The summed E-state index contributed by atoms with van der Waals surface area (Å²) in [6, 6.07) is 24.5. The summed E-state index contributed by atoms with van der Waals surface area (Å²) in [5.41, 5.74) is 9.55. The molecule has 4 rings (SSSR count). The molecule has 0 atom stereocenters. The number of anilines is 1. The van der Waals surface area contributed by atoms with Crippen molar-refractivity contribution in [1.82, 2.24) is 0 Å². The number of rotatable bonds is 3. The van der Waals surface area contributed by atoms with Gasteiger partial charge in [-0.3, -0.25) is 5.43 Å². The molecule has 0 aliphatic heterocycles. The molecule has 0 unspecified atom stereocenters. The van der Waals surface area contributed by atoms with Crippen molar-refractivity contribution in [2.45, 2.75) is 20.8 Å². The number of fused-ring (bicyclic) bond motifs is 1. The predicted octanol–water partition coefficient (Wildman–Crippen LogP) is 5.95. The molecule has 134 valence electrons. The zero-order valence-corrected chi connectivity index (χ0v) is 15.8. The van der Waals surface area contributed by atoms with E-state index in [1.54, 1.807) is 0 Å². The van der Waals surface area contributed by atoms with Gasteiger partial charge in [-0.05, 0) is 50.1 Å². The molecule has 0 saturated carbocycles. The molecular formula is C24H22N2O. The average molecular weight is 354 g/mol. The number of hydrogen-bond acceptors (Lipinski definition) is 3. The second kappa shape index (κ2) is 7.12. The van der Waals surface area contributed by atoms with Crippen molar-refractivity contribution in [2.24, 2.45) is 5.10 Å². The highest BCUT2D eigenvalue weighted by Crippen LogP contribution is 2.25. The van der Waals surface area contributed by atoms with E-state index >= 15 is 0 Å². The largest absolute Gasteiger partial charge is 0.456 e. The van der Waals surface area contributed by atoms with Crippen LogP contribution in [0.25, 0.3) is 22.3 Å². The van der Waals surface area contributed by atoms with Crippen LogP contribution in [0.1, 0.15) is 16.7 Å². The van der Waals surface area contributed by atoms with Crippen LogP contribution in [0.3, 0.4) is 0 Å². The Morgan fingerprint density at radius 3 is 2.26 bits per heavy atom. The molecule has 0 radical (unpaired) electrons. The smallest absolute Gasteiger partial charge is 0.137 e. The van der Waals surface area contributed by atoms with Gasteiger partial charge < -0.3 is 4.42 Å². The van der Waals surface area contributed by atoms with Crippen molar-refractivity contribution in [1.29, 1.82) is 0 Å². The van der Waals surface area contributed by atoms with E-state index in [4.69, 9.17) is 4.42 Å². The van der Waals surface area contributed by atoms with Gasteiger partial charge in [0.25, 0.3) is 0 Å². The minimum Gasteiger partial charge on any atom is -0.456 e. The van der Waals surface area contributed by atoms with Crippen LogP contribution < -0.4 is 10.8 Å². The molecule has 0 amide bonds. The van der Waals surface area contributed by atoms with Crippen LogP contribution >= 0.6 is 0 Å². The number of nitrogens with zero attached hydrogens (tertiary/aromatic N) is 1. The fraction of sp³-hybridized carbons (Fsp3) is 0.125. The van der Waals surface area contributed by atoms with Gasteiger partial charge in [0.1, 0.15) is 11.3 Å². The molecule has 0 fully saturated rings. The lowest BCUT2D eigenvalue weighted by Crippen LogP contribution is -2.09. The number of hydrogen-bond donors (Lipinski definition) is 1. The van der Waals surface area contributed by atoms with Gasteiger partial charge in [0.15, 0.2) is 0 Å². The summed E-state index contributed by atoms with van der Waals surface area (Å²) in [6.45, 7) is 6.26. The first-order valence-electron chi connectivity index (χ1n) is 9.07. The van der Waals surface area contributed by atoms with Gasteiger partial charge in [0.2, 0.25) is 0 Å². The van der Waals surface area contributed by atoms with Crippen LogP contribution in [0.2, 0.25) is 0 Å². The fourth-order valence-electron chi connectivity index (χ4n) is 3.27. The van der Waals surface area contributed by atoms with Crippen LogP contribution in [0.5, 0.6) is 0 Å². The summed E-state index contributed by atoms with van der Waals surface area (Å²) in [6.07, 6.45) is 0. The summed E-state index contributed by atoms with van der Waals surface area (Å²) in [7, 11) is 0. The van der Waals surface area contributed by atoms with E-state index in [1.165, 1.54) is 11.1 Å². The highest BCUT2D eigenvalue weighted by molar-refractivity contribution is 5.82. The molecule has 0 bridgehead atoms. The predicted molar refractivity (Wildman–Crippen MR) is 111 cm³/mol. The van der Waals surface area contributed by atoms with Gasteiger partial charge >= 0.3 is 0 Å². The van der Waals surface area contributed by atoms with Gasteiger partial charge in [0, 0.05) is 17.0 Å². The van der Waals surface area contributed by atoms with Gasteiger partial charge in [0.05, 0.1) is 11.0 Å². The summed E-state index contributed by atoms with van der Waals surface area (Å²) in [4.78, 5) is 0. The molecule has 3 heteroatoms. The molecule has 3 aromatic carbocycles. The summed E-state index contributed by atoms with van der Waals surface area (Å²) >= 11 is 0. The maximum Gasteiger partial charge on any atom is 0.137 e. The highest BCUT2D eigenvalue weighted by Gasteiger charge is 2.09. The zero-order chi connectivity index (χ0) is 18.8. The second-order valence-electron chi connectivity index (χ2n) is 6.91. The monoisotopic (exact) mass is 354 g/mol. The van der Waals surface area contributed by atoms with E-state index in [9.17, 15) is 0 Å². The Bertz CT molecular complexity index is 1160. The number of aryl methyl sites for hydroxylation is 3. The zero-order valence-electron chi connectivity index (χ0n) is 15.8. The lowest BCUT2D eigenvalue weighted by molar-refractivity contribution is 0.617. The van der Waals surface area contributed by atoms with E-state index in [0.717, 1.165) is 38.9 Å². The molecular weight excluding hydrogens is 332 g/mol. The highest BCUT2D eigenvalue weighted by atomic mass is 16.3. The van der Waals surface area contributed by atoms with Crippen molar-refractivity contribution in [3.63, 3.8) is 0 Å². The maximum absolute atomic E-state index is 6.25. The molecule has 27 heavy (non-hydrogen) atoms. The minimum atomic E-state index is 0.807. The van der Waals surface area contributed by atoms with Crippen molar-refractivity contribution < 1.29 is 4.42 Å². The topological polar surface area (TPSA) is 37.5 Å². The van der Waals surface area contributed by atoms with E-state index in [2.05, 4.69) is 67.7 Å². The molecule has 4 aromatic rings. The summed E-state index contributed by atoms with van der Waals surface area (Å²) < 4.78 is 6.25. The van der Waals surface area contributed by atoms with Crippen LogP contribution in [-0.4, -0.2) is 0 Å². The fourth-order valence-corrected chi connectivity index (χ4v) is 3.27. The molecule has 0 saturated heterocycles. The van der Waals surface area contributed by atoms with Gasteiger partial charge in [-0.15, -0.1) is 0 Å². The van der Waals surface area contributed by atoms with Crippen LogP contribution in [0.15, 0.2) is 82.3 Å². The molecule has 0 aliphatic carbocycles. The quantitative estimate of drug-likeness (QED) is 0.461. The number of para-hydroxylation sites is 1. The van der Waals surface area contributed by atoms with Gasteiger partial charge in [-0.25, -0.2) is 0 Å². The van der Waals surface area contributed by atoms with E-state index in [0.29, 0.717) is 0 Å². The van der Waals surface area contributed by atoms with E-state index < -0.39 is 0 Å². The first kappa shape index (κ1) is 17.1. The molecule has 0 spiro atoms. The Morgan fingerprint density at radius 2 is 1.52 bits per heavy atom. The Hall–Kier alpha value is -3.33. The van der Waals surface area contributed by atoms with Crippen molar-refractivity contribution in [3.8, 4) is 11.3 Å². The first-order chi connectivity index (χ1) is 13.1. The Labute approximate surface area is 159 Å².